The third-order valence-corrected chi connectivity index (χ3v) is 5.60. The van der Waals surface area contributed by atoms with Crippen molar-refractivity contribution >= 4 is 37.6 Å². The molecule has 18 heavy (non-hydrogen) atoms. The average molecular weight is 355 g/mol. The van der Waals surface area contributed by atoms with Gasteiger partial charge in [0.1, 0.15) is 0 Å². The Kier molecular flexibility index (Phi) is 5.65. The van der Waals surface area contributed by atoms with Gasteiger partial charge in [-0.1, -0.05) is 32.4 Å². The van der Waals surface area contributed by atoms with Gasteiger partial charge in [-0.2, -0.15) is 4.31 Å². The van der Waals surface area contributed by atoms with Crippen molar-refractivity contribution in [3.05, 3.63) is 27.7 Å². The summed E-state index contributed by atoms with van der Waals surface area (Å²) in [7, 11) is -3.44. The van der Waals surface area contributed by atoms with Crippen LogP contribution in [0.3, 0.4) is 0 Å². The summed E-state index contributed by atoms with van der Waals surface area (Å²) in [5.74, 6) is 0.287. The molecule has 0 saturated heterocycles. The first-order valence-electron chi connectivity index (χ1n) is 5.74. The first-order chi connectivity index (χ1) is 8.28. The largest absolute Gasteiger partial charge is 0.243 e. The Hall–Kier alpha value is -0.100. The van der Waals surface area contributed by atoms with Crippen molar-refractivity contribution < 1.29 is 8.42 Å². The van der Waals surface area contributed by atoms with Crippen molar-refractivity contribution in [3.8, 4) is 0 Å². The minimum atomic E-state index is -3.44. The lowest BCUT2D eigenvalue weighted by molar-refractivity contribution is 0.381. The van der Waals surface area contributed by atoms with Gasteiger partial charge in [0.05, 0.1) is 9.92 Å². The SMILES string of the molecule is CCN(CC(C)C)S(=O)(=O)c1ccc(Cl)c(Br)c1. The molecule has 1 aromatic rings. The molecule has 0 aromatic heterocycles. The first-order valence-corrected chi connectivity index (χ1v) is 8.35. The molecule has 0 N–H and O–H groups in total. The second-order valence-corrected chi connectivity index (χ2v) is 7.62. The smallest absolute Gasteiger partial charge is 0.207 e. The summed E-state index contributed by atoms with van der Waals surface area (Å²) in [5, 5.41) is 0.501. The number of benzene rings is 1. The summed E-state index contributed by atoms with van der Waals surface area (Å²) in [6.45, 7) is 6.80. The Bertz CT molecular complexity index is 517. The van der Waals surface area contributed by atoms with Crippen molar-refractivity contribution in [3.63, 3.8) is 0 Å². The van der Waals surface area contributed by atoms with Gasteiger partial charge < -0.3 is 0 Å². The van der Waals surface area contributed by atoms with Crippen LogP contribution in [0, 0.1) is 5.92 Å². The second-order valence-electron chi connectivity index (χ2n) is 4.43. The fourth-order valence-corrected chi connectivity index (χ4v) is 3.88. The van der Waals surface area contributed by atoms with E-state index in [1.807, 2.05) is 20.8 Å². The zero-order valence-corrected chi connectivity index (χ0v) is 13.8. The van der Waals surface area contributed by atoms with Crippen LogP contribution in [0.2, 0.25) is 5.02 Å². The van der Waals surface area contributed by atoms with Crippen molar-refractivity contribution in [2.45, 2.75) is 25.7 Å². The highest BCUT2D eigenvalue weighted by Gasteiger charge is 2.24. The lowest BCUT2D eigenvalue weighted by Gasteiger charge is -2.22. The molecule has 0 aliphatic rings. The van der Waals surface area contributed by atoms with E-state index in [9.17, 15) is 8.42 Å². The maximum atomic E-state index is 12.4. The van der Waals surface area contributed by atoms with Gasteiger partial charge >= 0.3 is 0 Å². The van der Waals surface area contributed by atoms with E-state index in [4.69, 9.17) is 11.6 Å². The zero-order chi connectivity index (χ0) is 13.9. The molecule has 1 aromatic carbocycles. The molecule has 102 valence electrons. The first kappa shape index (κ1) is 16.0. The molecule has 0 bridgehead atoms. The predicted octanol–water partition coefficient (Wildman–Crippen LogP) is 3.77. The molecule has 6 heteroatoms. The molecule has 3 nitrogen and oxygen atoms in total. The van der Waals surface area contributed by atoms with Gasteiger partial charge in [-0.25, -0.2) is 8.42 Å². The van der Waals surface area contributed by atoms with Gasteiger partial charge in [0, 0.05) is 17.6 Å². The third-order valence-electron chi connectivity index (χ3n) is 2.45. The molecule has 0 unspecified atom stereocenters. The average Bonchev–Trinajstić information content (AvgIpc) is 2.28. The van der Waals surface area contributed by atoms with Crippen molar-refractivity contribution in [1.82, 2.24) is 4.31 Å². The Balaban J connectivity index is 3.14. The summed E-state index contributed by atoms with van der Waals surface area (Å²) in [6, 6.07) is 4.66. The van der Waals surface area contributed by atoms with Crippen LogP contribution in [0.4, 0.5) is 0 Å². The van der Waals surface area contributed by atoms with Crippen LogP contribution in [0.25, 0.3) is 0 Å². The quantitative estimate of drug-likeness (QED) is 0.807. The van der Waals surface area contributed by atoms with Gasteiger partial charge in [0.25, 0.3) is 0 Å². The molecule has 0 aliphatic heterocycles. The monoisotopic (exact) mass is 353 g/mol. The van der Waals surface area contributed by atoms with Gasteiger partial charge in [0.2, 0.25) is 10.0 Å². The number of hydrogen-bond acceptors (Lipinski definition) is 2. The highest BCUT2D eigenvalue weighted by Crippen LogP contribution is 2.27. The molecule has 1 rings (SSSR count). The van der Waals surface area contributed by atoms with Crippen LogP contribution >= 0.6 is 27.5 Å². The Morgan fingerprint density at radius 2 is 2.00 bits per heavy atom. The molecule has 0 heterocycles. The highest BCUT2D eigenvalue weighted by molar-refractivity contribution is 9.10. The lowest BCUT2D eigenvalue weighted by atomic mass is 10.2. The van der Waals surface area contributed by atoms with Gasteiger partial charge in [-0.3, -0.25) is 0 Å². The Labute approximate surface area is 122 Å². The molecule has 0 fully saturated rings. The second kappa shape index (κ2) is 6.37. The maximum absolute atomic E-state index is 12.4. The van der Waals surface area contributed by atoms with E-state index < -0.39 is 10.0 Å². The van der Waals surface area contributed by atoms with E-state index in [1.165, 1.54) is 10.4 Å². The van der Waals surface area contributed by atoms with E-state index >= 15 is 0 Å². The minimum Gasteiger partial charge on any atom is -0.207 e. The fourth-order valence-electron chi connectivity index (χ4n) is 1.59. The van der Waals surface area contributed by atoms with Crippen LogP contribution < -0.4 is 0 Å². The van der Waals surface area contributed by atoms with Crippen LogP contribution in [-0.4, -0.2) is 25.8 Å². The van der Waals surface area contributed by atoms with Crippen LogP contribution in [0.5, 0.6) is 0 Å². The summed E-state index contributed by atoms with van der Waals surface area (Å²) < 4.78 is 26.9. The van der Waals surface area contributed by atoms with Crippen molar-refractivity contribution in [1.29, 1.82) is 0 Å². The summed E-state index contributed by atoms with van der Waals surface area (Å²) in [5.41, 5.74) is 0. The van der Waals surface area contributed by atoms with E-state index in [0.717, 1.165) is 0 Å². The van der Waals surface area contributed by atoms with Crippen LogP contribution in [-0.2, 0) is 10.0 Å². The van der Waals surface area contributed by atoms with E-state index in [-0.39, 0.29) is 10.8 Å². The molecule has 0 spiro atoms. The van der Waals surface area contributed by atoms with E-state index in [0.29, 0.717) is 22.6 Å². The van der Waals surface area contributed by atoms with Crippen molar-refractivity contribution in [2.75, 3.05) is 13.1 Å². The third kappa shape index (κ3) is 3.70. The lowest BCUT2D eigenvalue weighted by Crippen LogP contribution is -2.34. The Morgan fingerprint density at radius 1 is 1.39 bits per heavy atom. The number of sulfonamides is 1. The summed E-state index contributed by atoms with van der Waals surface area (Å²) in [4.78, 5) is 0.265. The molecular weight excluding hydrogens is 338 g/mol. The fraction of sp³-hybridized carbons (Fsp3) is 0.500. The maximum Gasteiger partial charge on any atom is 0.243 e. The van der Waals surface area contributed by atoms with Crippen LogP contribution in [0.15, 0.2) is 27.6 Å². The normalized spacial score (nSPS) is 12.4. The topological polar surface area (TPSA) is 37.4 Å². The highest BCUT2D eigenvalue weighted by atomic mass is 79.9. The minimum absolute atomic E-state index is 0.265. The van der Waals surface area contributed by atoms with Gasteiger partial charge in [-0.05, 0) is 40.0 Å². The predicted molar refractivity (Wildman–Crippen MR) is 78.4 cm³/mol. The van der Waals surface area contributed by atoms with Gasteiger partial charge in [-0.15, -0.1) is 0 Å². The molecule has 0 aliphatic carbocycles. The number of nitrogens with zero attached hydrogens (tertiary/aromatic N) is 1. The summed E-state index contributed by atoms with van der Waals surface area (Å²) in [6.07, 6.45) is 0. The molecule has 0 radical (unpaired) electrons. The van der Waals surface area contributed by atoms with E-state index in [2.05, 4.69) is 15.9 Å². The number of halogens is 2. The molecule has 0 atom stereocenters. The Morgan fingerprint density at radius 3 is 2.44 bits per heavy atom. The molecular formula is C12H17BrClNO2S. The van der Waals surface area contributed by atoms with Crippen LogP contribution in [0.1, 0.15) is 20.8 Å². The standard InChI is InChI=1S/C12H17BrClNO2S/c1-4-15(8-9(2)3)18(16,17)10-5-6-12(14)11(13)7-10/h5-7,9H,4,8H2,1-3H3. The zero-order valence-electron chi connectivity index (χ0n) is 10.7. The number of rotatable bonds is 5. The molecule has 0 saturated carbocycles. The van der Waals surface area contributed by atoms with E-state index in [1.54, 1.807) is 12.1 Å². The number of hydrogen-bond donors (Lipinski definition) is 0. The van der Waals surface area contributed by atoms with Crippen molar-refractivity contribution in [2.24, 2.45) is 5.92 Å². The molecule has 0 amide bonds. The van der Waals surface area contributed by atoms with Gasteiger partial charge in [0.15, 0.2) is 0 Å². The summed E-state index contributed by atoms with van der Waals surface area (Å²) >= 11 is 9.12.